The first kappa shape index (κ1) is 16.3. The molecule has 0 bridgehead atoms. The number of oxazole rings is 1. The van der Waals surface area contributed by atoms with E-state index < -0.39 is 0 Å². The van der Waals surface area contributed by atoms with Crippen molar-refractivity contribution < 1.29 is 14.3 Å². The zero-order valence-corrected chi connectivity index (χ0v) is 13.7. The van der Waals surface area contributed by atoms with Gasteiger partial charge < -0.3 is 20.2 Å². The third-order valence-electron chi connectivity index (χ3n) is 3.38. The Morgan fingerprint density at radius 1 is 1.38 bits per heavy atom. The van der Waals surface area contributed by atoms with Crippen LogP contribution in [0.2, 0.25) is 5.02 Å². The van der Waals surface area contributed by atoms with Gasteiger partial charge in [-0.25, -0.2) is 0 Å². The smallest absolute Gasteiger partial charge is 0.327 e. The zero-order valence-electron chi connectivity index (χ0n) is 12.9. The maximum absolute atomic E-state index is 12.3. The van der Waals surface area contributed by atoms with Gasteiger partial charge in [0.1, 0.15) is 0 Å². The third-order valence-corrected chi connectivity index (χ3v) is 3.64. The minimum Gasteiger partial charge on any atom is -0.416 e. The Balaban J connectivity index is 1.71. The van der Waals surface area contributed by atoms with E-state index in [9.17, 15) is 4.79 Å². The Kier molecular flexibility index (Phi) is 4.68. The van der Waals surface area contributed by atoms with Crippen molar-refractivity contribution in [1.29, 1.82) is 0 Å². The lowest BCUT2D eigenvalue weighted by Gasteiger charge is -2.04. The van der Waals surface area contributed by atoms with Gasteiger partial charge in [-0.05, 0) is 24.6 Å². The van der Waals surface area contributed by atoms with E-state index in [4.69, 9.17) is 21.1 Å². The van der Waals surface area contributed by atoms with Crippen LogP contribution in [0.15, 0.2) is 28.7 Å². The summed E-state index contributed by atoms with van der Waals surface area (Å²) >= 11 is 5.83. The number of benzene rings is 1. The first-order valence-electron chi connectivity index (χ1n) is 7.32. The number of rotatable bonds is 6. The molecule has 0 aliphatic heterocycles. The van der Waals surface area contributed by atoms with Crippen molar-refractivity contribution in [3.8, 4) is 0 Å². The Hall–Kier alpha value is -2.58. The van der Waals surface area contributed by atoms with Crippen LogP contribution in [0.5, 0.6) is 0 Å². The summed E-state index contributed by atoms with van der Waals surface area (Å²) in [5.41, 5.74) is 1.47. The van der Waals surface area contributed by atoms with E-state index in [0.717, 1.165) is 5.56 Å². The topological polar surface area (TPSA) is 105 Å². The highest BCUT2D eigenvalue weighted by molar-refractivity contribution is 6.30. The summed E-state index contributed by atoms with van der Waals surface area (Å²) in [5, 5.41) is 19.2. The molecular formula is C15H16ClN5O3. The predicted octanol–water partition coefficient (Wildman–Crippen LogP) is 1.62. The van der Waals surface area contributed by atoms with Crippen LogP contribution in [0.25, 0.3) is 5.84 Å². The summed E-state index contributed by atoms with van der Waals surface area (Å²) in [7, 11) is 0. The van der Waals surface area contributed by atoms with Crippen molar-refractivity contribution in [2.45, 2.75) is 13.5 Å². The SMILES string of the molecule is Cc1c(C(=O)NCc2ccc(Cl)cc2)oc2nc(NCCO)nn12. The molecule has 1 aromatic carbocycles. The molecule has 0 unspecified atom stereocenters. The number of amides is 1. The van der Waals surface area contributed by atoms with Crippen LogP contribution >= 0.6 is 11.6 Å². The molecular weight excluding hydrogens is 334 g/mol. The van der Waals surface area contributed by atoms with Gasteiger partial charge >= 0.3 is 5.84 Å². The van der Waals surface area contributed by atoms with E-state index in [2.05, 4.69) is 20.7 Å². The average molecular weight is 350 g/mol. The molecule has 126 valence electrons. The number of halogens is 1. The van der Waals surface area contributed by atoms with Gasteiger partial charge in [0.25, 0.3) is 5.91 Å². The van der Waals surface area contributed by atoms with Gasteiger partial charge in [0, 0.05) is 18.1 Å². The Labute approximate surface area is 142 Å². The molecule has 0 saturated carbocycles. The van der Waals surface area contributed by atoms with Crippen molar-refractivity contribution in [3.63, 3.8) is 0 Å². The summed E-state index contributed by atoms with van der Waals surface area (Å²) in [6, 6.07) is 7.20. The van der Waals surface area contributed by atoms with Crippen molar-refractivity contribution in [1.82, 2.24) is 19.9 Å². The zero-order chi connectivity index (χ0) is 17.1. The van der Waals surface area contributed by atoms with Crippen LogP contribution in [-0.2, 0) is 6.54 Å². The number of nitrogens with zero attached hydrogens (tertiary/aromatic N) is 3. The minimum atomic E-state index is -0.348. The predicted molar refractivity (Wildman–Crippen MR) is 88.2 cm³/mol. The molecule has 2 heterocycles. The normalized spacial score (nSPS) is 11.0. The van der Waals surface area contributed by atoms with Crippen molar-refractivity contribution in [3.05, 3.63) is 46.3 Å². The molecule has 24 heavy (non-hydrogen) atoms. The lowest BCUT2D eigenvalue weighted by atomic mass is 10.2. The van der Waals surface area contributed by atoms with Crippen LogP contribution in [0.3, 0.4) is 0 Å². The molecule has 2 aromatic heterocycles. The summed E-state index contributed by atoms with van der Waals surface area (Å²) in [5.74, 6) is 0.357. The van der Waals surface area contributed by atoms with Crippen LogP contribution in [0, 0.1) is 6.92 Å². The van der Waals surface area contributed by atoms with Gasteiger partial charge in [-0.3, -0.25) is 4.79 Å². The molecule has 0 aliphatic carbocycles. The highest BCUT2D eigenvalue weighted by Gasteiger charge is 2.20. The fourth-order valence-corrected chi connectivity index (χ4v) is 2.29. The number of carbonyl (C=O) groups excluding carboxylic acids is 1. The van der Waals surface area contributed by atoms with E-state index in [1.165, 1.54) is 4.52 Å². The molecule has 0 radical (unpaired) electrons. The van der Waals surface area contributed by atoms with Gasteiger partial charge in [-0.1, -0.05) is 23.7 Å². The van der Waals surface area contributed by atoms with E-state index >= 15 is 0 Å². The summed E-state index contributed by atoms with van der Waals surface area (Å²) in [6.07, 6.45) is 0. The van der Waals surface area contributed by atoms with E-state index in [1.807, 2.05) is 12.1 Å². The van der Waals surface area contributed by atoms with Gasteiger partial charge in [-0.15, -0.1) is 5.10 Å². The fraction of sp³-hybridized carbons (Fsp3) is 0.267. The number of aliphatic hydroxyl groups is 1. The maximum atomic E-state index is 12.3. The molecule has 8 nitrogen and oxygen atoms in total. The number of hydrogen-bond donors (Lipinski definition) is 3. The fourth-order valence-electron chi connectivity index (χ4n) is 2.16. The van der Waals surface area contributed by atoms with Crippen LogP contribution in [-0.4, -0.2) is 38.8 Å². The van der Waals surface area contributed by atoms with Crippen LogP contribution in [0.4, 0.5) is 5.95 Å². The number of aryl methyl sites for hydroxylation is 1. The maximum Gasteiger partial charge on any atom is 0.327 e. The van der Waals surface area contributed by atoms with Crippen molar-refractivity contribution >= 4 is 29.3 Å². The second kappa shape index (κ2) is 6.90. The summed E-state index contributed by atoms with van der Waals surface area (Å²) < 4.78 is 6.92. The quantitative estimate of drug-likeness (QED) is 0.624. The van der Waals surface area contributed by atoms with Gasteiger partial charge in [0.15, 0.2) is 0 Å². The highest BCUT2D eigenvalue weighted by atomic mass is 35.5. The van der Waals surface area contributed by atoms with Gasteiger partial charge in [-0.2, -0.15) is 9.50 Å². The molecule has 1 amide bonds. The number of anilines is 1. The first-order valence-corrected chi connectivity index (χ1v) is 7.70. The van der Waals surface area contributed by atoms with Crippen LogP contribution in [0.1, 0.15) is 21.8 Å². The molecule has 0 fully saturated rings. The molecule has 0 spiro atoms. The average Bonchev–Trinajstić information content (AvgIpc) is 3.11. The molecule has 3 aromatic rings. The lowest BCUT2D eigenvalue weighted by Crippen LogP contribution is -2.23. The molecule has 0 aliphatic rings. The monoisotopic (exact) mass is 349 g/mol. The largest absolute Gasteiger partial charge is 0.416 e. The van der Waals surface area contributed by atoms with Gasteiger partial charge in [0.05, 0.1) is 12.3 Å². The Bertz CT molecular complexity index is 856. The first-order chi connectivity index (χ1) is 11.6. The number of aliphatic hydroxyl groups excluding tert-OH is 1. The van der Waals surface area contributed by atoms with Crippen molar-refractivity contribution in [2.24, 2.45) is 0 Å². The minimum absolute atomic E-state index is 0.0299. The number of hydrogen-bond acceptors (Lipinski definition) is 6. The number of aromatic nitrogens is 3. The second-order valence-corrected chi connectivity index (χ2v) is 5.54. The van der Waals surface area contributed by atoms with E-state index in [0.29, 0.717) is 29.8 Å². The van der Waals surface area contributed by atoms with E-state index in [-0.39, 0.29) is 24.1 Å². The second-order valence-electron chi connectivity index (χ2n) is 5.11. The number of nitrogens with one attached hydrogen (secondary N) is 2. The summed E-state index contributed by atoms with van der Waals surface area (Å²) in [6.45, 7) is 2.38. The number of fused-ring (bicyclic) bond motifs is 1. The Morgan fingerprint density at radius 2 is 2.12 bits per heavy atom. The summed E-state index contributed by atoms with van der Waals surface area (Å²) in [4.78, 5) is 16.4. The van der Waals surface area contributed by atoms with Gasteiger partial charge in [0.2, 0.25) is 11.7 Å². The molecule has 0 saturated heterocycles. The van der Waals surface area contributed by atoms with E-state index in [1.54, 1.807) is 19.1 Å². The molecule has 3 N–H and O–H groups in total. The molecule has 9 heteroatoms. The standard InChI is InChI=1S/C15H16ClN5O3/c1-9-12(13(23)18-8-10-2-4-11(16)5-3-10)24-15-19-14(17-6-7-22)20-21(9)15/h2-5,22H,6-8H2,1H3,(H,17,20)(H,18,23). The highest BCUT2D eigenvalue weighted by Crippen LogP contribution is 2.16. The number of carbonyl (C=O) groups is 1. The van der Waals surface area contributed by atoms with Crippen molar-refractivity contribution in [2.75, 3.05) is 18.5 Å². The third kappa shape index (κ3) is 3.34. The lowest BCUT2D eigenvalue weighted by molar-refractivity contribution is 0.0924. The Morgan fingerprint density at radius 3 is 2.79 bits per heavy atom. The molecule has 3 rings (SSSR count). The molecule has 0 atom stereocenters. The van der Waals surface area contributed by atoms with Crippen LogP contribution < -0.4 is 10.6 Å².